The smallest absolute Gasteiger partial charge is 0.231 e. The van der Waals surface area contributed by atoms with Crippen molar-refractivity contribution in [1.29, 1.82) is 0 Å². The summed E-state index contributed by atoms with van der Waals surface area (Å²) in [5.74, 6) is 2.54. The predicted octanol–water partition coefficient (Wildman–Crippen LogP) is 1.03. The lowest BCUT2D eigenvalue weighted by Gasteiger charge is -2.34. The van der Waals surface area contributed by atoms with Gasteiger partial charge in [-0.15, -0.1) is 0 Å². The number of nitrogens with zero attached hydrogens (tertiary/aromatic N) is 1. The Balaban J connectivity index is 1.41. The number of hydrogen-bond acceptors (Lipinski definition) is 5. The van der Waals surface area contributed by atoms with Gasteiger partial charge in [0.2, 0.25) is 6.79 Å². The van der Waals surface area contributed by atoms with Crippen molar-refractivity contribution in [2.24, 2.45) is 0 Å². The van der Waals surface area contributed by atoms with Crippen LogP contribution in [-0.2, 0) is 6.54 Å². The Bertz CT molecular complexity index is 757. The Morgan fingerprint density at radius 2 is 1.84 bits per heavy atom. The first-order valence-corrected chi connectivity index (χ1v) is 8.57. The number of fused-ring (bicyclic) bond motifs is 1. The third kappa shape index (κ3) is 3.17. The number of ether oxygens (including phenoxy) is 3. The topological polar surface area (TPSA) is 55.6 Å². The number of phenols is 1. The van der Waals surface area contributed by atoms with Gasteiger partial charge in [-0.05, 0) is 18.2 Å². The Kier molecular flexibility index (Phi) is 4.28. The van der Waals surface area contributed by atoms with Crippen molar-refractivity contribution in [2.45, 2.75) is 6.54 Å². The number of benzene rings is 2. The molecule has 2 N–H and O–H groups in total. The summed E-state index contributed by atoms with van der Waals surface area (Å²) >= 11 is 0. The van der Waals surface area contributed by atoms with E-state index in [0.29, 0.717) is 5.75 Å². The fraction of sp³-hybridized carbons (Fsp3) is 0.368. The molecule has 1 saturated heterocycles. The molecule has 2 aliphatic rings. The van der Waals surface area contributed by atoms with E-state index in [2.05, 4.69) is 11.0 Å². The lowest BCUT2D eigenvalue weighted by molar-refractivity contribution is -0.914. The zero-order chi connectivity index (χ0) is 17.2. The second-order valence-electron chi connectivity index (χ2n) is 6.42. The van der Waals surface area contributed by atoms with Crippen LogP contribution >= 0.6 is 0 Å². The fourth-order valence-corrected chi connectivity index (χ4v) is 3.52. The van der Waals surface area contributed by atoms with Crippen LogP contribution in [0.1, 0.15) is 5.56 Å². The highest BCUT2D eigenvalue weighted by atomic mass is 16.7. The minimum Gasteiger partial charge on any atom is -0.507 e. The van der Waals surface area contributed by atoms with Gasteiger partial charge in [0, 0.05) is 6.07 Å². The van der Waals surface area contributed by atoms with Crippen LogP contribution in [0.25, 0.3) is 0 Å². The molecule has 2 aromatic carbocycles. The summed E-state index contributed by atoms with van der Waals surface area (Å²) in [4.78, 5) is 3.81. The summed E-state index contributed by atoms with van der Waals surface area (Å²) in [6, 6.07) is 11.7. The van der Waals surface area contributed by atoms with Crippen molar-refractivity contribution in [1.82, 2.24) is 0 Å². The monoisotopic (exact) mass is 343 g/mol. The second-order valence-corrected chi connectivity index (χ2v) is 6.42. The molecule has 0 atom stereocenters. The first-order chi connectivity index (χ1) is 12.2. The van der Waals surface area contributed by atoms with Crippen molar-refractivity contribution in [2.75, 3.05) is 45.0 Å². The summed E-state index contributed by atoms with van der Waals surface area (Å²) in [7, 11) is 1.71. The van der Waals surface area contributed by atoms with Crippen LogP contribution in [0.4, 0.5) is 5.69 Å². The third-order valence-corrected chi connectivity index (χ3v) is 4.91. The van der Waals surface area contributed by atoms with Gasteiger partial charge in [0.05, 0.1) is 44.5 Å². The summed E-state index contributed by atoms with van der Waals surface area (Å²) in [6.45, 7) is 4.94. The molecule has 6 heteroatoms. The second kappa shape index (κ2) is 6.72. The number of anilines is 1. The van der Waals surface area contributed by atoms with Crippen LogP contribution in [0, 0.1) is 0 Å². The molecule has 2 aromatic rings. The van der Waals surface area contributed by atoms with E-state index in [-0.39, 0.29) is 12.5 Å². The number of quaternary nitrogens is 1. The van der Waals surface area contributed by atoms with E-state index >= 15 is 0 Å². The van der Waals surface area contributed by atoms with Gasteiger partial charge in [-0.3, -0.25) is 0 Å². The van der Waals surface area contributed by atoms with E-state index in [1.165, 1.54) is 4.90 Å². The number of rotatable bonds is 4. The van der Waals surface area contributed by atoms with Gasteiger partial charge < -0.3 is 29.1 Å². The van der Waals surface area contributed by atoms with E-state index in [4.69, 9.17) is 14.2 Å². The van der Waals surface area contributed by atoms with Crippen LogP contribution in [0.5, 0.6) is 23.0 Å². The number of phenolic OH excluding ortho intramolecular Hbond substituents is 1. The maximum Gasteiger partial charge on any atom is 0.231 e. The molecule has 0 unspecified atom stereocenters. The number of hydrogen-bond donors (Lipinski definition) is 2. The number of nitrogens with one attached hydrogen (secondary N) is 1. The Hall–Kier alpha value is -2.60. The fourth-order valence-electron chi connectivity index (χ4n) is 3.52. The molecule has 0 spiro atoms. The Labute approximate surface area is 147 Å². The van der Waals surface area contributed by atoms with Gasteiger partial charge in [-0.2, -0.15) is 0 Å². The van der Waals surface area contributed by atoms with Gasteiger partial charge in [-0.1, -0.05) is 12.1 Å². The van der Waals surface area contributed by atoms with Crippen molar-refractivity contribution < 1.29 is 24.2 Å². The molecule has 25 heavy (non-hydrogen) atoms. The van der Waals surface area contributed by atoms with E-state index < -0.39 is 0 Å². The summed E-state index contributed by atoms with van der Waals surface area (Å²) in [5.41, 5.74) is 2.06. The quantitative estimate of drug-likeness (QED) is 0.869. The van der Waals surface area contributed by atoms with E-state index in [1.54, 1.807) is 13.2 Å². The molecular formula is C19H23N2O4+. The highest BCUT2D eigenvalue weighted by Gasteiger charge is 2.24. The first kappa shape index (κ1) is 15.9. The summed E-state index contributed by atoms with van der Waals surface area (Å²) in [5, 5.41) is 10.2. The molecule has 0 aromatic heterocycles. The van der Waals surface area contributed by atoms with Gasteiger partial charge in [0.1, 0.15) is 18.0 Å². The zero-order valence-electron chi connectivity index (χ0n) is 14.3. The highest BCUT2D eigenvalue weighted by Crippen LogP contribution is 2.37. The van der Waals surface area contributed by atoms with Crippen molar-refractivity contribution >= 4 is 5.69 Å². The normalized spacial score (nSPS) is 16.9. The summed E-state index contributed by atoms with van der Waals surface area (Å²) in [6.07, 6.45) is 0. The van der Waals surface area contributed by atoms with E-state index in [1.807, 2.05) is 24.3 Å². The minimum atomic E-state index is 0.225. The van der Waals surface area contributed by atoms with Crippen LogP contribution in [0.3, 0.4) is 0 Å². The standard InChI is InChI=1S/C19H22N2O4/c1-23-17-5-3-2-4-15(17)21-8-6-20(7-9-21)12-14-10-18-19(11-16(14)22)25-13-24-18/h2-5,10-11,22H,6-9,12-13H2,1H3/p+1. The first-order valence-electron chi connectivity index (χ1n) is 8.57. The van der Waals surface area contributed by atoms with Gasteiger partial charge in [0.25, 0.3) is 0 Å². The van der Waals surface area contributed by atoms with Crippen LogP contribution < -0.4 is 24.0 Å². The maximum absolute atomic E-state index is 10.2. The molecule has 2 heterocycles. The van der Waals surface area contributed by atoms with E-state index in [0.717, 1.165) is 55.5 Å². The Morgan fingerprint density at radius 3 is 2.60 bits per heavy atom. The molecule has 0 amide bonds. The molecule has 4 rings (SSSR count). The highest BCUT2D eigenvalue weighted by molar-refractivity contribution is 5.58. The zero-order valence-corrected chi connectivity index (χ0v) is 14.3. The third-order valence-electron chi connectivity index (χ3n) is 4.91. The number of methoxy groups -OCH3 is 1. The van der Waals surface area contributed by atoms with Gasteiger partial charge >= 0.3 is 0 Å². The van der Waals surface area contributed by atoms with Crippen molar-refractivity contribution in [3.8, 4) is 23.0 Å². The molecule has 132 valence electrons. The molecule has 0 radical (unpaired) electrons. The number of aromatic hydroxyl groups is 1. The largest absolute Gasteiger partial charge is 0.507 e. The number of piperazine rings is 1. The summed E-state index contributed by atoms with van der Waals surface area (Å²) < 4.78 is 16.2. The predicted molar refractivity (Wildman–Crippen MR) is 93.8 cm³/mol. The molecule has 6 nitrogen and oxygen atoms in total. The van der Waals surface area contributed by atoms with Crippen molar-refractivity contribution in [3.05, 3.63) is 42.0 Å². The molecule has 1 fully saturated rings. The molecule has 2 aliphatic heterocycles. The minimum absolute atomic E-state index is 0.225. The van der Waals surface area contributed by atoms with Crippen molar-refractivity contribution in [3.63, 3.8) is 0 Å². The average molecular weight is 343 g/mol. The molecular weight excluding hydrogens is 320 g/mol. The van der Waals surface area contributed by atoms with Gasteiger partial charge in [-0.25, -0.2) is 0 Å². The van der Waals surface area contributed by atoms with Crippen LogP contribution in [0.15, 0.2) is 36.4 Å². The average Bonchev–Trinajstić information content (AvgIpc) is 3.09. The SMILES string of the molecule is COc1ccccc1N1CC[NH+](Cc2cc3c(cc2O)OCO3)CC1. The molecule has 0 aliphatic carbocycles. The lowest BCUT2D eigenvalue weighted by Crippen LogP contribution is -3.13. The molecule has 0 saturated carbocycles. The lowest BCUT2D eigenvalue weighted by atomic mass is 10.1. The van der Waals surface area contributed by atoms with Crippen LogP contribution in [0.2, 0.25) is 0 Å². The Morgan fingerprint density at radius 1 is 1.12 bits per heavy atom. The van der Waals surface area contributed by atoms with E-state index in [9.17, 15) is 5.11 Å². The van der Waals surface area contributed by atoms with Crippen LogP contribution in [-0.4, -0.2) is 45.2 Å². The van der Waals surface area contributed by atoms with Gasteiger partial charge in [0.15, 0.2) is 11.5 Å². The maximum atomic E-state index is 10.2. The number of para-hydroxylation sites is 2. The molecule has 0 bridgehead atoms.